The minimum atomic E-state index is -0.328. The van der Waals surface area contributed by atoms with Gasteiger partial charge in [0.05, 0.1) is 42.8 Å². The molecule has 0 atom stereocenters. The Balaban J connectivity index is 1.35. The Morgan fingerprint density at radius 2 is 0.727 bits per heavy atom. The van der Waals surface area contributed by atoms with Gasteiger partial charge in [-0.2, -0.15) is 0 Å². The molecule has 0 amide bonds. The largest absolute Gasteiger partial charge is 0.307 e. The van der Waals surface area contributed by atoms with Crippen LogP contribution in [0.2, 0.25) is 0 Å². The van der Waals surface area contributed by atoms with Gasteiger partial charge in [0.25, 0.3) is 0 Å². The van der Waals surface area contributed by atoms with E-state index >= 15 is 8.78 Å². The lowest BCUT2D eigenvalue weighted by Gasteiger charge is -2.32. The third-order valence-corrected chi connectivity index (χ3v) is 16.2. The highest BCUT2D eigenvalue weighted by molar-refractivity contribution is 7.27. The van der Waals surface area contributed by atoms with Crippen LogP contribution in [-0.4, -0.2) is 9.13 Å². The number of halogens is 2. The summed E-state index contributed by atoms with van der Waals surface area (Å²) in [6, 6.07) is 57.9. The van der Waals surface area contributed by atoms with Gasteiger partial charge in [0, 0.05) is 74.7 Å². The Bertz CT molecular complexity index is 4080. The van der Waals surface area contributed by atoms with Crippen LogP contribution in [-0.2, 0) is 0 Å². The summed E-state index contributed by atoms with van der Waals surface area (Å²) in [4.78, 5) is 0. The van der Waals surface area contributed by atoms with Gasteiger partial charge in [-0.25, -0.2) is 8.78 Å². The number of thiophene rings is 2. The molecule has 0 radical (unpaired) electrons. The minimum Gasteiger partial charge on any atom is -0.307 e. The van der Waals surface area contributed by atoms with Crippen LogP contribution < -0.4 is 0 Å². The summed E-state index contributed by atoms with van der Waals surface area (Å²) >= 11 is 3.59. The van der Waals surface area contributed by atoms with Crippen LogP contribution in [0.25, 0.3) is 118 Å². The average molecular weight is 893 g/mol. The van der Waals surface area contributed by atoms with E-state index in [4.69, 9.17) is 0 Å². The van der Waals surface area contributed by atoms with Crippen molar-refractivity contribution in [1.29, 1.82) is 0 Å². The highest BCUT2D eigenvalue weighted by Crippen LogP contribution is 2.55. The Hall–Kier alpha value is -7.12. The molecular formula is C60H42F2N2S2. The molecule has 0 fully saturated rings. The van der Waals surface area contributed by atoms with E-state index in [9.17, 15) is 0 Å². The van der Waals surface area contributed by atoms with Crippen LogP contribution in [0.5, 0.6) is 0 Å². The first-order chi connectivity index (χ1) is 32.3. The third kappa shape index (κ3) is 5.43. The van der Waals surface area contributed by atoms with Crippen molar-refractivity contribution in [2.75, 3.05) is 0 Å². The van der Waals surface area contributed by atoms with Crippen molar-refractivity contribution in [3.05, 3.63) is 193 Å². The number of benzene rings is 9. The van der Waals surface area contributed by atoms with Crippen LogP contribution in [0, 0.1) is 11.6 Å². The van der Waals surface area contributed by atoms with Crippen LogP contribution in [0.15, 0.2) is 170 Å². The summed E-state index contributed by atoms with van der Waals surface area (Å²) in [6.45, 7) is 8.94. The van der Waals surface area contributed by atoms with E-state index < -0.39 is 0 Å². The van der Waals surface area contributed by atoms with Crippen molar-refractivity contribution >= 4 is 107 Å². The molecule has 0 N–H and O–H groups in total. The van der Waals surface area contributed by atoms with E-state index in [0.29, 0.717) is 11.1 Å². The fraction of sp³-hybridized carbons (Fsp3) is 0.100. The second-order valence-electron chi connectivity index (χ2n) is 18.1. The molecule has 0 aliphatic carbocycles. The molecule has 9 aromatic carbocycles. The average Bonchev–Trinajstić information content (AvgIpc) is 4.09. The van der Waals surface area contributed by atoms with E-state index in [0.717, 1.165) is 87.3 Å². The predicted molar refractivity (Wildman–Crippen MR) is 280 cm³/mol. The van der Waals surface area contributed by atoms with Crippen molar-refractivity contribution in [2.24, 2.45) is 0 Å². The van der Waals surface area contributed by atoms with Crippen molar-refractivity contribution in [3.8, 4) is 33.6 Å². The smallest absolute Gasteiger partial charge is 0.131 e. The van der Waals surface area contributed by atoms with E-state index in [1.165, 1.54) is 30.3 Å². The van der Waals surface area contributed by atoms with Crippen LogP contribution in [0.4, 0.5) is 8.78 Å². The van der Waals surface area contributed by atoms with Crippen LogP contribution in [0.1, 0.15) is 50.7 Å². The molecule has 0 aliphatic rings. The Morgan fingerprint density at radius 3 is 1.17 bits per heavy atom. The number of nitrogens with zero attached hydrogens (tertiary/aromatic N) is 2. The summed E-state index contributed by atoms with van der Waals surface area (Å²) in [7, 11) is 0. The number of fused-ring (bicyclic) bond motifs is 14. The summed E-state index contributed by atoms with van der Waals surface area (Å²) in [5.74, 6) is -0.887. The van der Waals surface area contributed by atoms with Crippen molar-refractivity contribution in [2.45, 2.75) is 39.5 Å². The molecule has 0 unspecified atom stereocenters. The van der Waals surface area contributed by atoms with E-state index in [2.05, 4.69) is 158 Å². The maximum absolute atomic E-state index is 17.5. The van der Waals surface area contributed by atoms with Crippen molar-refractivity contribution in [1.82, 2.24) is 9.13 Å². The minimum absolute atomic E-state index is 0.115. The Labute approximate surface area is 388 Å². The second kappa shape index (κ2) is 14.7. The number of hydrogen-bond acceptors (Lipinski definition) is 2. The highest BCUT2D eigenvalue weighted by atomic mass is 32.1. The SMILES string of the molecule is CC(C)c1c(-c2ccccc2F)c(-n2c3ccccc3c3ccc4c5ccccc5sc4c32)c(-c2ccccc2F)c(C(C)C)c1-n1c2ccccc2c2ccc3c4ccccc4sc3c21. The Kier molecular flexibility index (Phi) is 8.74. The van der Waals surface area contributed by atoms with Gasteiger partial charge in [-0.15, -0.1) is 22.7 Å². The number of para-hydroxylation sites is 2. The lowest BCUT2D eigenvalue weighted by Crippen LogP contribution is -2.16. The fourth-order valence-electron chi connectivity index (χ4n) is 11.2. The van der Waals surface area contributed by atoms with E-state index in [1.807, 2.05) is 35.6 Å². The van der Waals surface area contributed by atoms with Gasteiger partial charge in [0.2, 0.25) is 0 Å². The van der Waals surface area contributed by atoms with Gasteiger partial charge in [-0.1, -0.05) is 161 Å². The summed E-state index contributed by atoms with van der Waals surface area (Å²) in [5, 5.41) is 9.23. The molecule has 0 saturated carbocycles. The molecule has 0 bridgehead atoms. The normalized spacial score (nSPS) is 12.4. The summed E-state index contributed by atoms with van der Waals surface area (Å²) in [5.41, 5.74) is 10.4. The fourth-order valence-corrected chi connectivity index (χ4v) is 13.6. The maximum Gasteiger partial charge on any atom is 0.131 e. The summed E-state index contributed by atoms with van der Waals surface area (Å²) < 4.78 is 44.5. The lowest BCUT2D eigenvalue weighted by atomic mass is 9.79. The van der Waals surface area contributed by atoms with Gasteiger partial charge in [-0.3, -0.25) is 0 Å². The molecule has 318 valence electrons. The molecule has 13 aromatic rings. The first kappa shape index (κ1) is 39.3. The molecule has 6 heteroatoms. The molecule has 0 spiro atoms. The van der Waals surface area contributed by atoms with Gasteiger partial charge in [0.1, 0.15) is 11.6 Å². The van der Waals surface area contributed by atoms with E-state index in [1.54, 1.807) is 35.6 Å². The molecule has 0 saturated heterocycles. The quantitative estimate of drug-likeness (QED) is 0.157. The first-order valence-electron chi connectivity index (χ1n) is 22.7. The third-order valence-electron chi connectivity index (χ3n) is 13.8. The van der Waals surface area contributed by atoms with Crippen LogP contribution >= 0.6 is 22.7 Å². The highest BCUT2D eigenvalue weighted by Gasteiger charge is 2.35. The zero-order valence-electron chi connectivity index (χ0n) is 36.8. The second-order valence-corrected chi connectivity index (χ2v) is 20.2. The monoisotopic (exact) mass is 892 g/mol. The molecule has 13 rings (SSSR count). The maximum atomic E-state index is 17.5. The molecule has 2 nitrogen and oxygen atoms in total. The molecular weight excluding hydrogens is 851 g/mol. The zero-order chi connectivity index (χ0) is 44.5. The predicted octanol–water partition coefficient (Wildman–Crippen LogP) is 18.5. The number of rotatable bonds is 6. The van der Waals surface area contributed by atoms with Crippen LogP contribution in [0.3, 0.4) is 0 Å². The Morgan fingerprint density at radius 1 is 0.364 bits per heavy atom. The number of hydrogen-bond donors (Lipinski definition) is 0. The number of aromatic nitrogens is 2. The van der Waals surface area contributed by atoms with E-state index in [-0.39, 0.29) is 23.5 Å². The summed E-state index contributed by atoms with van der Waals surface area (Å²) in [6.07, 6.45) is 0. The van der Waals surface area contributed by atoms with Crippen molar-refractivity contribution < 1.29 is 8.78 Å². The van der Waals surface area contributed by atoms with Gasteiger partial charge >= 0.3 is 0 Å². The zero-order valence-corrected chi connectivity index (χ0v) is 38.4. The standard InChI is InChI=1S/C60H42F2N2S2/c1-33(2)51-53(43-21-5-11-23-45(43)61)58(64-48-26-14-8-18-36(48)40-30-32-42-38-20-10-16-28-50(38)66-60(42)56(40)64)54(44-22-6-12-24-46(44)62)52(34(3)4)57(51)63-47-25-13-7-17-35(47)39-29-31-41-37-19-9-15-27-49(37)65-59(41)55(39)63/h5-34H,1-4H3. The van der Waals surface area contributed by atoms with Gasteiger partial charge < -0.3 is 9.13 Å². The molecule has 4 heterocycles. The molecule has 66 heavy (non-hydrogen) atoms. The molecule has 0 aliphatic heterocycles. The van der Waals surface area contributed by atoms with Gasteiger partial charge in [-0.05, 0) is 59.4 Å². The molecule has 4 aromatic heterocycles. The topological polar surface area (TPSA) is 9.86 Å². The van der Waals surface area contributed by atoms with Gasteiger partial charge in [0.15, 0.2) is 0 Å². The van der Waals surface area contributed by atoms with Crippen molar-refractivity contribution in [3.63, 3.8) is 0 Å². The first-order valence-corrected chi connectivity index (χ1v) is 24.3. The lowest BCUT2D eigenvalue weighted by molar-refractivity contribution is 0.630.